The molecule has 0 aliphatic heterocycles. The molecule has 6 heteroatoms. The maximum atomic E-state index is 12.6. The third kappa shape index (κ3) is 4.45. The Hall–Kier alpha value is -2.08. The first kappa shape index (κ1) is 17.3. The second-order valence-electron chi connectivity index (χ2n) is 5.99. The van der Waals surface area contributed by atoms with E-state index in [-0.39, 0.29) is 17.3 Å². The minimum Gasteiger partial charge on any atom is -0.459 e. The molecule has 5 nitrogen and oxygen atoms in total. The van der Waals surface area contributed by atoms with Crippen molar-refractivity contribution in [3.05, 3.63) is 47.3 Å². The summed E-state index contributed by atoms with van der Waals surface area (Å²) in [5.41, 5.74) is -0.0541. The van der Waals surface area contributed by atoms with Crippen molar-refractivity contribution >= 4 is 28.6 Å². The first-order chi connectivity index (χ1) is 10.8. The highest BCUT2D eigenvalue weighted by Gasteiger charge is 2.18. The van der Waals surface area contributed by atoms with Gasteiger partial charge in [-0.25, -0.2) is 4.98 Å². The highest BCUT2D eigenvalue weighted by atomic mass is 32.2. The molecule has 1 heterocycles. The quantitative estimate of drug-likeness (QED) is 0.364. The zero-order chi connectivity index (χ0) is 17.0. The van der Waals surface area contributed by atoms with Gasteiger partial charge in [-0.05, 0) is 32.9 Å². The van der Waals surface area contributed by atoms with E-state index in [1.807, 2.05) is 26.8 Å². The summed E-state index contributed by atoms with van der Waals surface area (Å²) in [4.78, 5) is 28.9. The average molecular weight is 332 g/mol. The van der Waals surface area contributed by atoms with Crippen molar-refractivity contribution in [3.63, 3.8) is 0 Å². The fourth-order valence-electron chi connectivity index (χ4n) is 2.04. The molecule has 0 N–H and O–H groups in total. The van der Waals surface area contributed by atoms with Gasteiger partial charge in [0.2, 0.25) is 0 Å². The van der Waals surface area contributed by atoms with Gasteiger partial charge in [0.05, 0.1) is 16.7 Å². The van der Waals surface area contributed by atoms with E-state index in [2.05, 4.69) is 11.6 Å². The summed E-state index contributed by atoms with van der Waals surface area (Å²) < 4.78 is 6.80. The first-order valence-corrected chi connectivity index (χ1v) is 8.25. The number of carbonyl (C=O) groups excluding carboxylic acids is 1. The lowest BCUT2D eigenvalue weighted by Gasteiger charge is -2.19. The summed E-state index contributed by atoms with van der Waals surface area (Å²) in [6, 6.07) is 7.16. The number of aromatic nitrogens is 2. The van der Waals surface area contributed by atoms with E-state index in [1.165, 1.54) is 16.3 Å². The first-order valence-electron chi connectivity index (χ1n) is 7.27. The predicted molar refractivity (Wildman–Crippen MR) is 92.8 cm³/mol. The largest absolute Gasteiger partial charge is 0.459 e. The van der Waals surface area contributed by atoms with Gasteiger partial charge in [0.15, 0.2) is 5.16 Å². The van der Waals surface area contributed by atoms with Crippen LogP contribution in [0.1, 0.15) is 20.8 Å². The van der Waals surface area contributed by atoms with Gasteiger partial charge in [0.1, 0.15) is 5.60 Å². The number of nitrogens with zero attached hydrogens (tertiary/aromatic N) is 2. The summed E-state index contributed by atoms with van der Waals surface area (Å²) in [5, 5.41) is 1.04. The molecule has 0 fully saturated rings. The predicted octanol–water partition coefficient (Wildman–Crippen LogP) is 3.02. The van der Waals surface area contributed by atoms with Gasteiger partial charge in [0, 0.05) is 6.54 Å². The summed E-state index contributed by atoms with van der Waals surface area (Å²) >= 11 is 1.19. The third-order valence-corrected chi connectivity index (χ3v) is 3.83. The van der Waals surface area contributed by atoms with Gasteiger partial charge in [-0.15, -0.1) is 6.58 Å². The van der Waals surface area contributed by atoms with E-state index >= 15 is 0 Å². The summed E-state index contributed by atoms with van der Waals surface area (Å²) in [6.07, 6.45) is 1.63. The molecule has 122 valence electrons. The number of esters is 1. The fraction of sp³-hybridized carbons (Fsp3) is 0.353. The number of rotatable bonds is 5. The van der Waals surface area contributed by atoms with Crippen molar-refractivity contribution < 1.29 is 9.53 Å². The minimum absolute atomic E-state index is 0.0964. The van der Waals surface area contributed by atoms with Crippen molar-refractivity contribution in [2.45, 2.75) is 38.1 Å². The van der Waals surface area contributed by atoms with Crippen LogP contribution in [0.3, 0.4) is 0 Å². The molecule has 0 amide bonds. The number of allylic oxidation sites excluding steroid dienone is 1. The van der Waals surface area contributed by atoms with Crippen LogP contribution < -0.4 is 5.56 Å². The van der Waals surface area contributed by atoms with Gasteiger partial charge in [0.25, 0.3) is 5.56 Å². The van der Waals surface area contributed by atoms with E-state index in [0.29, 0.717) is 22.6 Å². The SMILES string of the molecule is C=CCn1c(SCC(=O)OC(C)(C)C)nc2ccccc2c1=O. The molecule has 0 aliphatic carbocycles. The lowest BCUT2D eigenvalue weighted by atomic mass is 10.2. The molecule has 1 aromatic carbocycles. The Labute approximate surface area is 139 Å². The summed E-state index contributed by atoms with van der Waals surface area (Å²) in [6.45, 7) is 9.46. The van der Waals surface area contributed by atoms with E-state index < -0.39 is 5.60 Å². The van der Waals surface area contributed by atoms with E-state index in [1.54, 1.807) is 24.3 Å². The second kappa shape index (κ2) is 7.00. The van der Waals surface area contributed by atoms with Crippen LogP contribution in [-0.2, 0) is 16.1 Å². The second-order valence-corrected chi connectivity index (χ2v) is 6.93. The molecule has 0 radical (unpaired) electrons. The summed E-state index contributed by atoms with van der Waals surface area (Å²) in [5.74, 6) is -0.241. The zero-order valence-corrected chi connectivity index (χ0v) is 14.4. The van der Waals surface area contributed by atoms with Crippen LogP contribution >= 0.6 is 11.8 Å². The Balaban J connectivity index is 2.32. The molecule has 0 saturated carbocycles. The van der Waals surface area contributed by atoms with Crippen molar-refractivity contribution in [3.8, 4) is 0 Å². The van der Waals surface area contributed by atoms with Crippen LogP contribution in [-0.4, -0.2) is 26.9 Å². The molecule has 2 aromatic rings. The van der Waals surface area contributed by atoms with Crippen molar-refractivity contribution in [1.29, 1.82) is 0 Å². The molecular weight excluding hydrogens is 312 g/mol. The zero-order valence-electron chi connectivity index (χ0n) is 13.5. The average Bonchev–Trinajstić information content (AvgIpc) is 2.47. The topological polar surface area (TPSA) is 61.2 Å². The fourth-order valence-corrected chi connectivity index (χ4v) is 2.82. The lowest BCUT2D eigenvalue weighted by molar-refractivity contribution is -0.151. The molecule has 0 unspecified atom stereocenters. The Morgan fingerprint density at radius 2 is 2.09 bits per heavy atom. The van der Waals surface area contributed by atoms with E-state index in [4.69, 9.17) is 4.74 Å². The van der Waals surface area contributed by atoms with Crippen LogP contribution in [0.5, 0.6) is 0 Å². The van der Waals surface area contributed by atoms with Crippen molar-refractivity contribution in [1.82, 2.24) is 9.55 Å². The Bertz CT molecular complexity index is 791. The molecule has 0 spiro atoms. The van der Waals surface area contributed by atoms with Crippen LogP contribution in [0.2, 0.25) is 0 Å². The number of ether oxygens (including phenoxy) is 1. The van der Waals surface area contributed by atoms with Gasteiger partial charge in [-0.2, -0.15) is 0 Å². The monoisotopic (exact) mass is 332 g/mol. The van der Waals surface area contributed by atoms with Crippen molar-refractivity contribution in [2.75, 3.05) is 5.75 Å². The van der Waals surface area contributed by atoms with Crippen molar-refractivity contribution in [2.24, 2.45) is 0 Å². The van der Waals surface area contributed by atoms with Gasteiger partial charge >= 0.3 is 5.97 Å². The van der Waals surface area contributed by atoms with Crippen LogP contribution in [0, 0.1) is 0 Å². The van der Waals surface area contributed by atoms with Crippen LogP contribution in [0.15, 0.2) is 46.9 Å². The molecule has 2 rings (SSSR count). The Morgan fingerprint density at radius 1 is 1.39 bits per heavy atom. The normalized spacial score (nSPS) is 11.4. The lowest BCUT2D eigenvalue weighted by Crippen LogP contribution is -2.26. The van der Waals surface area contributed by atoms with Crippen LogP contribution in [0.4, 0.5) is 0 Å². The highest BCUT2D eigenvalue weighted by Crippen LogP contribution is 2.19. The number of para-hydroxylation sites is 1. The molecule has 0 aliphatic rings. The Kier molecular flexibility index (Phi) is 5.26. The number of hydrogen-bond donors (Lipinski definition) is 0. The van der Waals surface area contributed by atoms with E-state index in [9.17, 15) is 9.59 Å². The smallest absolute Gasteiger partial charge is 0.316 e. The maximum Gasteiger partial charge on any atom is 0.316 e. The molecule has 0 saturated heterocycles. The number of benzene rings is 1. The maximum absolute atomic E-state index is 12.6. The van der Waals surface area contributed by atoms with E-state index in [0.717, 1.165) is 0 Å². The van der Waals surface area contributed by atoms with Gasteiger partial charge < -0.3 is 4.74 Å². The third-order valence-electron chi connectivity index (χ3n) is 2.88. The summed E-state index contributed by atoms with van der Waals surface area (Å²) in [7, 11) is 0. The number of carbonyl (C=O) groups is 1. The number of fused-ring (bicyclic) bond motifs is 1. The molecule has 23 heavy (non-hydrogen) atoms. The standard InChI is InChI=1S/C17H20N2O3S/c1-5-10-19-15(21)12-8-6-7-9-13(12)18-16(19)23-11-14(20)22-17(2,3)4/h5-9H,1,10-11H2,2-4H3. The van der Waals surface area contributed by atoms with Crippen LogP contribution in [0.25, 0.3) is 10.9 Å². The van der Waals surface area contributed by atoms with Gasteiger partial charge in [-0.1, -0.05) is 30.0 Å². The molecule has 1 aromatic heterocycles. The highest BCUT2D eigenvalue weighted by molar-refractivity contribution is 7.99. The minimum atomic E-state index is -0.532. The Morgan fingerprint density at radius 3 is 2.74 bits per heavy atom. The molecular formula is C17H20N2O3S. The molecule has 0 atom stereocenters. The van der Waals surface area contributed by atoms with Gasteiger partial charge in [-0.3, -0.25) is 14.2 Å². The number of hydrogen-bond acceptors (Lipinski definition) is 5. The molecule has 0 bridgehead atoms. The number of thioether (sulfide) groups is 1.